The van der Waals surface area contributed by atoms with Gasteiger partial charge in [-0.3, -0.25) is 0 Å². The highest BCUT2D eigenvalue weighted by Crippen LogP contribution is 2.44. The second-order valence-corrected chi connectivity index (χ2v) is 7.05. The lowest BCUT2D eigenvalue weighted by molar-refractivity contribution is -0.113. The van der Waals surface area contributed by atoms with Crippen molar-refractivity contribution < 1.29 is 23.4 Å². The van der Waals surface area contributed by atoms with Crippen molar-refractivity contribution in [1.82, 2.24) is 5.32 Å². The van der Waals surface area contributed by atoms with Crippen LogP contribution < -0.4 is 5.32 Å². The summed E-state index contributed by atoms with van der Waals surface area (Å²) in [6.45, 7) is 1.69. The van der Waals surface area contributed by atoms with Crippen molar-refractivity contribution in [3.8, 4) is 0 Å². The summed E-state index contributed by atoms with van der Waals surface area (Å²) in [5.74, 6) is 0.913. The Morgan fingerprint density at radius 1 is 1.32 bits per heavy atom. The Kier molecular flexibility index (Phi) is 5.91. The van der Waals surface area contributed by atoms with E-state index in [2.05, 4.69) is 5.32 Å². The fourth-order valence-corrected chi connectivity index (χ4v) is 4.16. The fourth-order valence-electron chi connectivity index (χ4n) is 4.16. The Morgan fingerprint density at radius 3 is 2.76 bits per heavy atom. The summed E-state index contributed by atoms with van der Waals surface area (Å²) < 4.78 is 30.1. The van der Waals surface area contributed by atoms with E-state index in [1.165, 1.54) is 32.4 Å². The molecular formula is C19H26FNO4. The molecule has 5 atom stereocenters. The van der Waals surface area contributed by atoms with E-state index in [9.17, 15) is 9.18 Å². The summed E-state index contributed by atoms with van der Waals surface area (Å²) in [5.41, 5.74) is 0.347. The van der Waals surface area contributed by atoms with Gasteiger partial charge >= 0.3 is 6.09 Å². The minimum Gasteiger partial charge on any atom is -0.443 e. The van der Waals surface area contributed by atoms with Gasteiger partial charge in [0.1, 0.15) is 24.8 Å². The number of ether oxygens (including phenoxy) is 3. The van der Waals surface area contributed by atoms with E-state index >= 15 is 0 Å². The number of methoxy groups -OCH3 is 1. The van der Waals surface area contributed by atoms with Crippen LogP contribution in [0.1, 0.15) is 44.3 Å². The van der Waals surface area contributed by atoms with Gasteiger partial charge in [0.05, 0.1) is 0 Å². The summed E-state index contributed by atoms with van der Waals surface area (Å²) in [6, 6.07) is 6.53. The van der Waals surface area contributed by atoms with E-state index in [1.54, 1.807) is 25.1 Å². The molecule has 1 amide bonds. The monoisotopic (exact) mass is 351 g/mol. The van der Waals surface area contributed by atoms with Gasteiger partial charge in [-0.2, -0.15) is 0 Å². The normalized spacial score (nSPS) is 27.1. The first-order chi connectivity index (χ1) is 12.1. The van der Waals surface area contributed by atoms with Gasteiger partial charge in [-0.15, -0.1) is 0 Å². The lowest BCUT2D eigenvalue weighted by atomic mass is 9.96. The van der Waals surface area contributed by atoms with Crippen LogP contribution in [0.15, 0.2) is 24.3 Å². The molecule has 0 radical (unpaired) electrons. The number of carbonyl (C=O) groups excluding carboxylic acids is 1. The van der Waals surface area contributed by atoms with Crippen LogP contribution in [-0.2, 0) is 14.2 Å². The van der Waals surface area contributed by atoms with Crippen LogP contribution in [0, 0.1) is 17.7 Å². The van der Waals surface area contributed by atoms with Crippen LogP contribution >= 0.6 is 0 Å². The third-order valence-corrected chi connectivity index (χ3v) is 5.34. The molecular weight excluding hydrogens is 325 g/mol. The number of carbonyl (C=O) groups is 1. The molecule has 3 rings (SSSR count). The van der Waals surface area contributed by atoms with Crippen molar-refractivity contribution in [3.63, 3.8) is 0 Å². The van der Waals surface area contributed by atoms with E-state index in [4.69, 9.17) is 14.2 Å². The zero-order valence-electron chi connectivity index (χ0n) is 14.7. The Labute approximate surface area is 147 Å². The molecule has 0 heterocycles. The molecule has 2 fully saturated rings. The molecule has 2 saturated carbocycles. The van der Waals surface area contributed by atoms with E-state index in [0.29, 0.717) is 11.5 Å². The average molecular weight is 351 g/mol. The Bertz CT molecular complexity index is 597. The second kappa shape index (κ2) is 8.15. The van der Waals surface area contributed by atoms with Crippen molar-refractivity contribution in [2.45, 2.75) is 50.9 Å². The first-order valence-electron chi connectivity index (χ1n) is 8.90. The van der Waals surface area contributed by atoms with Gasteiger partial charge in [0.25, 0.3) is 0 Å². The lowest BCUT2D eigenvalue weighted by Gasteiger charge is -2.27. The summed E-state index contributed by atoms with van der Waals surface area (Å²) >= 11 is 0. The van der Waals surface area contributed by atoms with Crippen molar-refractivity contribution in [2.24, 2.45) is 11.8 Å². The topological polar surface area (TPSA) is 56.8 Å². The molecule has 138 valence electrons. The minimum absolute atomic E-state index is 0.0132. The number of amides is 1. The quantitative estimate of drug-likeness (QED) is 0.760. The zero-order chi connectivity index (χ0) is 17.8. The number of nitrogens with one attached hydrogen (secondary N) is 1. The van der Waals surface area contributed by atoms with Gasteiger partial charge < -0.3 is 19.5 Å². The molecule has 0 aliphatic heterocycles. The lowest BCUT2D eigenvalue weighted by Crippen LogP contribution is -2.41. The highest BCUT2D eigenvalue weighted by Gasteiger charge is 2.40. The van der Waals surface area contributed by atoms with Gasteiger partial charge in [-0.1, -0.05) is 24.6 Å². The minimum atomic E-state index is -0.730. The summed E-state index contributed by atoms with van der Waals surface area (Å²) in [6.07, 6.45) is 2.85. The third kappa shape index (κ3) is 4.30. The van der Waals surface area contributed by atoms with Crippen LogP contribution in [0.3, 0.4) is 0 Å². The smallest absolute Gasteiger partial charge is 0.407 e. The molecule has 1 N–H and O–H groups in total. The van der Waals surface area contributed by atoms with E-state index in [-0.39, 0.29) is 12.8 Å². The first kappa shape index (κ1) is 18.1. The number of hydrogen-bond acceptors (Lipinski definition) is 4. The van der Waals surface area contributed by atoms with E-state index < -0.39 is 24.1 Å². The highest BCUT2D eigenvalue weighted by atomic mass is 19.1. The summed E-state index contributed by atoms with van der Waals surface area (Å²) in [7, 11) is 1.49. The predicted octanol–water partition coefficient (Wildman–Crippen LogP) is 3.79. The van der Waals surface area contributed by atoms with Crippen LogP contribution in [0.2, 0.25) is 0 Å². The van der Waals surface area contributed by atoms with Crippen molar-refractivity contribution in [2.75, 3.05) is 13.9 Å². The molecule has 5 nitrogen and oxygen atoms in total. The van der Waals surface area contributed by atoms with Crippen LogP contribution in [0.4, 0.5) is 9.18 Å². The molecule has 0 aromatic heterocycles. The molecule has 0 saturated heterocycles. The highest BCUT2D eigenvalue weighted by molar-refractivity contribution is 5.68. The molecule has 1 aromatic rings. The van der Waals surface area contributed by atoms with Gasteiger partial charge in [-0.25, -0.2) is 9.18 Å². The number of rotatable bonds is 7. The van der Waals surface area contributed by atoms with Crippen molar-refractivity contribution in [3.05, 3.63) is 35.6 Å². The van der Waals surface area contributed by atoms with Crippen LogP contribution in [-0.4, -0.2) is 32.1 Å². The largest absolute Gasteiger partial charge is 0.443 e. The SMILES string of the molecule is COCOC(c1ccccc1F)C(C)OC(=O)NC1CC2CCC1C2. The molecule has 2 aliphatic carbocycles. The van der Waals surface area contributed by atoms with Crippen LogP contribution in [0.5, 0.6) is 0 Å². The molecule has 1 aromatic carbocycles. The molecule has 6 heteroatoms. The molecule has 2 bridgehead atoms. The summed E-state index contributed by atoms with van der Waals surface area (Å²) in [5, 5.41) is 2.98. The van der Waals surface area contributed by atoms with E-state index in [0.717, 1.165) is 12.3 Å². The average Bonchev–Trinajstić information content (AvgIpc) is 3.19. The number of alkyl carbamates (subject to hydrolysis) is 1. The molecule has 2 aliphatic rings. The Hall–Kier alpha value is -1.66. The van der Waals surface area contributed by atoms with Gasteiger partial charge in [0, 0.05) is 18.7 Å². The fraction of sp³-hybridized carbons (Fsp3) is 0.632. The van der Waals surface area contributed by atoms with E-state index in [1.807, 2.05) is 0 Å². The number of benzene rings is 1. The Balaban J connectivity index is 1.60. The molecule has 0 spiro atoms. The van der Waals surface area contributed by atoms with Crippen molar-refractivity contribution >= 4 is 6.09 Å². The van der Waals surface area contributed by atoms with Gasteiger partial charge in [0.2, 0.25) is 0 Å². The maximum atomic E-state index is 14.1. The van der Waals surface area contributed by atoms with Gasteiger partial charge in [-0.05, 0) is 44.1 Å². The number of fused-ring (bicyclic) bond motifs is 2. The van der Waals surface area contributed by atoms with Crippen LogP contribution in [0.25, 0.3) is 0 Å². The maximum absolute atomic E-state index is 14.1. The molecule has 5 unspecified atom stereocenters. The summed E-state index contributed by atoms with van der Waals surface area (Å²) in [4.78, 5) is 12.3. The predicted molar refractivity (Wildman–Crippen MR) is 90.4 cm³/mol. The molecule has 25 heavy (non-hydrogen) atoms. The van der Waals surface area contributed by atoms with Crippen molar-refractivity contribution in [1.29, 1.82) is 0 Å². The standard InChI is InChI=1S/C19H26FNO4/c1-12(18(24-11-23-2)15-5-3-4-6-16(15)20)25-19(22)21-17-10-13-7-8-14(17)9-13/h3-6,12-14,17-18H,7-11H2,1-2H3,(H,21,22). The second-order valence-electron chi connectivity index (χ2n) is 7.05. The first-order valence-corrected chi connectivity index (χ1v) is 8.90. The zero-order valence-corrected chi connectivity index (χ0v) is 14.7. The van der Waals surface area contributed by atoms with Gasteiger partial charge in [0.15, 0.2) is 0 Å². The number of halogens is 1. The Morgan fingerprint density at radius 2 is 2.12 bits per heavy atom. The number of hydrogen-bond donors (Lipinski definition) is 1. The third-order valence-electron chi connectivity index (χ3n) is 5.34. The maximum Gasteiger partial charge on any atom is 0.407 e.